The predicted octanol–water partition coefficient (Wildman–Crippen LogP) is 16.6. The summed E-state index contributed by atoms with van der Waals surface area (Å²) in [4.78, 5) is 13.4. The first-order valence-corrected chi connectivity index (χ1v) is 38.2. The van der Waals surface area contributed by atoms with Gasteiger partial charge in [0.15, 0.2) is 12.6 Å². The van der Waals surface area contributed by atoms with Crippen LogP contribution in [0.4, 0.5) is 0 Å². The summed E-state index contributed by atoms with van der Waals surface area (Å²) in [7, 11) is 0. The van der Waals surface area contributed by atoms with Crippen LogP contribution in [-0.4, -0.2) is 140 Å². The van der Waals surface area contributed by atoms with Gasteiger partial charge in [-0.05, 0) is 64.2 Å². The fraction of sp³-hybridized carbons (Fsp3) is 0.833. The zero-order valence-corrected chi connectivity index (χ0v) is 58.5. The maximum absolute atomic E-state index is 13.4. The van der Waals surface area contributed by atoms with Crippen molar-refractivity contribution in [1.82, 2.24) is 5.32 Å². The van der Waals surface area contributed by atoms with Crippen LogP contribution in [0.5, 0.6) is 0 Å². The molecule has 12 unspecified atom stereocenters. The van der Waals surface area contributed by atoms with Crippen LogP contribution >= 0.6 is 0 Å². The van der Waals surface area contributed by atoms with E-state index in [1.165, 1.54) is 205 Å². The molecule has 0 aromatic carbocycles. The van der Waals surface area contributed by atoms with Gasteiger partial charge in [0, 0.05) is 6.42 Å². The predicted molar refractivity (Wildman–Crippen MR) is 378 cm³/mol. The molecule has 14 nitrogen and oxygen atoms in total. The standard InChI is InChI=1S/C78H141NO13/c1-3-5-7-9-11-13-15-17-19-21-23-25-27-28-29-30-31-32-33-34-35-36-37-38-40-42-44-46-48-50-52-54-56-58-60-62-70(83)79-66(65-89-77-75(88)73(86)76(69(64-81)91-77)92-78-74(87)72(85)71(84)68(63-80)90-78)67(82)61-59-57-55-53-51-49-47-45-43-41-39-26-24-22-20-18-16-14-12-10-8-6-4-2/h5,7,11,13,17,19,23,25,28-29,31-32,66-69,71-78,80-82,84-88H,3-4,6,8-10,12,14-16,18,20-22,24,26-27,30,33-65H2,1-2H3,(H,79,83)/b7-5-,13-11-,19-17-,25-23-,29-28-,32-31-. The molecule has 92 heavy (non-hydrogen) atoms. The average molecular weight is 1300 g/mol. The molecule has 2 saturated heterocycles. The molecule has 12 atom stereocenters. The molecule has 2 fully saturated rings. The third-order valence-electron chi connectivity index (χ3n) is 18.4. The molecule has 0 radical (unpaired) electrons. The van der Waals surface area contributed by atoms with Crippen LogP contribution in [-0.2, 0) is 23.7 Å². The summed E-state index contributed by atoms with van der Waals surface area (Å²) < 4.78 is 23.0. The van der Waals surface area contributed by atoms with Crippen LogP contribution in [0, 0.1) is 0 Å². The Bertz CT molecular complexity index is 1820. The quantitative estimate of drug-likeness (QED) is 0.0204. The zero-order valence-electron chi connectivity index (χ0n) is 58.5. The number of aliphatic hydroxyl groups is 8. The van der Waals surface area contributed by atoms with Crippen LogP contribution < -0.4 is 5.32 Å². The van der Waals surface area contributed by atoms with Crippen molar-refractivity contribution in [2.75, 3.05) is 19.8 Å². The summed E-state index contributed by atoms with van der Waals surface area (Å²) in [6, 6.07) is -0.832. The van der Waals surface area contributed by atoms with Crippen molar-refractivity contribution in [3.8, 4) is 0 Å². The molecule has 0 spiro atoms. The molecular weight excluding hydrogens is 1160 g/mol. The Hall–Kier alpha value is -2.57. The van der Waals surface area contributed by atoms with E-state index in [9.17, 15) is 45.6 Å². The van der Waals surface area contributed by atoms with E-state index in [0.29, 0.717) is 12.8 Å². The first kappa shape index (κ1) is 85.5. The molecule has 2 rings (SSSR count). The lowest BCUT2D eigenvalue weighted by atomic mass is 9.97. The first-order valence-electron chi connectivity index (χ1n) is 38.2. The van der Waals surface area contributed by atoms with E-state index in [-0.39, 0.29) is 12.5 Å². The number of hydrogen-bond donors (Lipinski definition) is 9. The topological polar surface area (TPSA) is 228 Å². The fourth-order valence-electron chi connectivity index (χ4n) is 12.4. The van der Waals surface area contributed by atoms with Crippen molar-refractivity contribution in [3.05, 3.63) is 72.9 Å². The van der Waals surface area contributed by atoms with E-state index in [0.717, 1.165) is 89.9 Å². The van der Waals surface area contributed by atoms with E-state index in [4.69, 9.17) is 18.9 Å². The summed E-state index contributed by atoms with van der Waals surface area (Å²) in [5.41, 5.74) is 0. The van der Waals surface area contributed by atoms with Gasteiger partial charge in [-0.3, -0.25) is 4.79 Å². The van der Waals surface area contributed by atoms with Gasteiger partial charge in [-0.25, -0.2) is 0 Å². The maximum atomic E-state index is 13.4. The van der Waals surface area contributed by atoms with Gasteiger partial charge >= 0.3 is 0 Å². The molecule has 0 aliphatic carbocycles. The van der Waals surface area contributed by atoms with Gasteiger partial charge in [0.1, 0.15) is 48.8 Å². The minimum absolute atomic E-state index is 0.204. The number of amides is 1. The number of carbonyl (C=O) groups is 1. The van der Waals surface area contributed by atoms with Crippen molar-refractivity contribution in [1.29, 1.82) is 0 Å². The van der Waals surface area contributed by atoms with E-state index >= 15 is 0 Å². The number of rotatable bonds is 63. The minimum Gasteiger partial charge on any atom is -0.394 e. The molecule has 0 aromatic heterocycles. The van der Waals surface area contributed by atoms with E-state index in [1.807, 2.05) is 0 Å². The molecule has 9 N–H and O–H groups in total. The van der Waals surface area contributed by atoms with Crippen molar-refractivity contribution in [3.63, 3.8) is 0 Å². The fourth-order valence-corrected chi connectivity index (χ4v) is 12.4. The zero-order chi connectivity index (χ0) is 66.6. The van der Waals surface area contributed by atoms with Crippen LogP contribution in [0.1, 0.15) is 322 Å². The number of allylic oxidation sites excluding steroid dienone is 12. The number of unbranched alkanes of at least 4 members (excludes halogenated alkanes) is 38. The minimum atomic E-state index is -1.78. The Morgan fingerprint density at radius 2 is 0.750 bits per heavy atom. The molecule has 14 heteroatoms. The lowest BCUT2D eigenvalue weighted by molar-refractivity contribution is -0.359. The molecule has 2 heterocycles. The Morgan fingerprint density at radius 3 is 1.15 bits per heavy atom. The second kappa shape index (κ2) is 62.0. The number of ether oxygens (including phenoxy) is 4. The van der Waals surface area contributed by atoms with E-state index in [1.54, 1.807) is 0 Å². The Morgan fingerprint density at radius 1 is 0.402 bits per heavy atom. The molecule has 0 bridgehead atoms. The molecular formula is C78H141NO13. The maximum Gasteiger partial charge on any atom is 0.220 e. The Kier molecular flexibility index (Phi) is 57.6. The van der Waals surface area contributed by atoms with E-state index < -0.39 is 86.8 Å². The molecule has 0 saturated carbocycles. The van der Waals surface area contributed by atoms with Gasteiger partial charge in [-0.15, -0.1) is 0 Å². The molecule has 0 aromatic rings. The second-order valence-corrected chi connectivity index (χ2v) is 26.8. The summed E-state index contributed by atoms with van der Waals surface area (Å²) in [5, 5.41) is 87.8. The van der Waals surface area contributed by atoms with Gasteiger partial charge in [0.25, 0.3) is 0 Å². The number of nitrogens with one attached hydrogen (secondary N) is 1. The second-order valence-electron chi connectivity index (χ2n) is 26.8. The smallest absolute Gasteiger partial charge is 0.220 e. The summed E-state index contributed by atoms with van der Waals surface area (Å²) in [6.45, 7) is 2.79. The van der Waals surface area contributed by atoms with Gasteiger partial charge in [0.05, 0.1) is 32.0 Å². The summed E-state index contributed by atoms with van der Waals surface area (Å²) in [5.74, 6) is -0.204. The monoisotopic (exact) mass is 1300 g/mol. The Labute approximate surface area is 561 Å². The molecule has 1 amide bonds. The van der Waals surface area contributed by atoms with Gasteiger partial charge in [-0.2, -0.15) is 0 Å². The Balaban J connectivity index is 1.62. The molecule has 536 valence electrons. The molecule has 2 aliphatic heterocycles. The van der Waals surface area contributed by atoms with Crippen molar-refractivity contribution in [2.24, 2.45) is 0 Å². The lowest BCUT2D eigenvalue weighted by Gasteiger charge is -2.46. The van der Waals surface area contributed by atoms with Gasteiger partial charge in [-0.1, -0.05) is 324 Å². The highest BCUT2D eigenvalue weighted by Gasteiger charge is 2.51. The van der Waals surface area contributed by atoms with E-state index in [2.05, 4.69) is 92.1 Å². The van der Waals surface area contributed by atoms with Crippen LogP contribution in [0.25, 0.3) is 0 Å². The largest absolute Gasteiger partial charge is 0.394 e. The highest BCUT2D eigenvalue weighted by molar-refractivity contribution is 5.76. The number of carbonyl (C=O) groups excluding carboxylic acids is 1. The molecule has 2 aliphatic rings. The van der Waals surface area contributed by atoms with Crippen molar-refractivity contribution < 1.29 is 64.6 Å². The summed E-state index contributed by atoms with van der Waals surface area (Å²) >= 11 is 0. The van der Waals surface area contributed by atoms with Crippen molar-refractivity contribution in [2.45, 2.75) is 396 Å². The SMILES string of the molecule is CC/C=C\C/C=C\C/C=C\C/C=C\C/C=C\C/C=C\CCCCCCCCCCCCCCCCCCC(=O)NC(COC1OC(CO)C(OC2OC(CO)C(O)C(O)C2O)C(O)C1O)C(O)CCCCCCCCCCCCCCCCCCCCCCCCC. The van der Waals surface area contributed by atoms with Crippen LogP contribution in [0.3, 0.4) is 0 Å². The third-order valence-corrected chi connectivity index (χ3v) is 18.4. The highest BCUT2D eigenvalue weighted by atomic mass is 16.7. The highest BCUT2D eigenvalue weighted by Crippen LogP contribution is 2.30. The third kappa shape index (κ3) is 45.0. The van der Waals surface area contributed by atoms with Gasteiger partial charge < -0.3 is 65.1 Å². The summed E-state index contributed by atoms with van der Waals surface area (Å²) in [6.07, 6.45) is 67.8. The normalized spacial score (nSPS) is 23.1. The van der Waals surface area contributed by atoms with Crippen molar-refractivity contribution >= 4 is 5.91 Å². The first-order chi connectivity index (χ1) is 45.1. The van der Waals surface area contributed by atoms with Crippen LogP contribution in [0.2, 0.25) is 0 Å². The lowest BCUT2D eigenvalue weighted by Crippen LogP contribution is -2.65. The average Bonchev–Trinajstić information content (AvgIpc) is 0.830. The number of aliphatic hydroxyl groups excluding tert-OH is 8. The van der Waals surface area contributed by atoms with Crippen LogP contribution in [0.15, 0.2) is 72.9 Å². The number of hydrogen-bond acceptors (Lipinski definition) is 13. The van der Waals surface area contributed by atoms with Gasteiger partial charge in [0.2, 0.25) is 5.91 Å².